The second-order valence-electron chi connectivity index (χ2n) is 6.04. The maximum atomic E-state index is 12.4. The number of nitrogens with zero attached hydrogens (tertiary/aromatic N) is 4. The second-order valence-corrected chi connectivity index (χ2v) is 6.04. The van der Waals surface area contributed by atoms with E-state index in [1.807, 2.05) is 9.58 Å². The Kier molecular flexibility index (Phi) is 4.85. The normalized spacial score (nSPS) is 26.8. The van der Waals surface area contributed by atoms with Gasteiger partial charge in [-0.1, -0.05) is 0 Å². The van der Waals surface area contributed by atoms with Crippen LogP contribution in [0.4, 0.5) is 0 Å². The average Bonchev–Trinajstić information content (AvgIpc) is 3.08. The molecule has 2 saturated heterocycles. The summed E-state index contributed by atoms with van der Waals surface area (Å²) in [5.41, 5.74) is 0. The molecule has 2 fully saturated rings. The minimum atomic E-state index is 0.258. The lowest BCUT2D eigenvalue weighted by molar-refractivity contribution is -0.134. The molecule has 0 spiro atoms. The summed E-state index contributed by atoms with van der Waals surface area (Å²) in [6, 6.07) is 0.274. The number of aromatic nitrogens is 3. The molecule has 0 aromatic carbocycles. The Labute approximate surface area is 125 Å². The van der Waals surface area contributed by atoms with Crippen LogP contribution in [0.3, 0.4) is 0 Å². The lowest BCUT2D eigenvalue weighted by Crippen LogP contribution is -2.41. The van der Waals surface area contributed by atoms with Crippen LogP contribution in [0.25, 0.3) is 0 Å². The van der Waals surface area contributed by atoms with Crippen LogP contribution in [0.5, 0.6) is 0 Å². The van der Waals surface area contributed by atoms with E-state index in [9.17, 15) is 4.79 Å². The van der Waals surface area contributed by atoms with Gasteiger partial charge in [-0.05, 0) is 38.5 Å². The molecule has 1 aromatic heterocycles. The van der Waals surface area contributed by atoms with Gasteiger partial charge in [0.15, 0.2) is 0 Å². The fourth-order valence-electron chi connectivity index (χ4n) is 3.28. The molecule has 21 heavy (non-hydrogen) atoms. The molecule has 6 heteroatoms. The molecule has 1 amide bonds. The summed E-state index contributed by atoms with van der Waals surface area (Å²) < 4.78 is 7.58. The number of hydrogen-bond acceptors (Lipinski definition) is 4. The highest BCUT2D eigenvalue weighted by Crippen LogP contribution is 2.22. The standard InChI is InChI=1S/C15H24N4O2/c20-15(7-6-14-5-1-2-9-21-14)18-8-3-4-13(10-18)19-12-16-11-17-19/h11-14H,1-10H2/t13-,14+/m1/s1. The largest absolute Gasteiger partial charge is 0.378 e. The Morgan fingerprint density at radius 3 is 3.00 bits per heavy atom. The summed E-state index contributed by atoms with van der Waals surface area (Å²) in [5.74, 6) is 0.258. The first-order valence-electron chi connectivity index (χ1n) is 8.06. The fourth-order valence-corrected chi connectivity index (χ4v) is 3.28. The van der Waals surface area contributed by atoms with Crippen molar-refractivity contribution in [3.05, 3.63) is 12.7 Å². The first-order valence-corrected chi connectivity index (χ1v) is 8.06. The van der Waals surface area contributed by atoms with Gasteiger partial charge >= 0.3 is 0 Å². The van der Waals surface area contributed by atoms with Crippen molar-refractivity contribution in [3.8, 4) is 0 Å². The molecule has 6 nitrogen and oxygen atoms in total. The van der Waals surface area contributed by atoms with Gasteiger partial charge in [-0.3, -0.25) is 4.79 Å². The van der Waals surface area contributed by atoms with Crippen LogP contribution in [0, 0.1) is 0 Å². The summed E-state index contributed by atoms with van der Waals surface area (Å²) >= 11 is 0. The number of hydrogen-bond donors (Lipinski definition) is 0. The van der Waals surface area contributed by atoms with Crippen molar-refractivity contribution >= 4 is 5.91 Å². The smallest absolute Gasteiger partial charge is 0.222 e. The Bertz CT molecular complexity index is 443. The van der Waals surface area contributed by atoms with Crippen LogP contribution in [0.2, 0.25) is 0 Å². The molecule has 2 aliphatic rings. The monoisotopic (exact) mass is 292 g/mol. The van der Waals surface area contributed by atoms with E-state index in [0.717, 1.165) is 51.8 Å². The third-order valence-corrected chi connectivity index (χ3v) is 4.51. The third-order valence-electron chi connectivity index (χ3n) is 4.51. The van der Waals surface area contributed by atoms with E-state index < -0.39 is 0 Å². The van der Waals surface area contributed by atoms with Crippen molar-refractivity contribution in [1.82, 2.24) is 19.7 Å². The molecule has 0 aliphatic carbocycles. The molecule has 0 unspecified atom stereocenters. The summed E-state index contributed by atoms with van der Waals surface area (Å²) in [6.45, 7) is 2.49. The number of ether oxygens (including phenoxy) is 1. The van der Waals surface area contributed by atoms with Gasteiger partial charge in [0.25, 0.3) is 0 Å². The molecule has 0 N–H and O–H groups in total. The first kappa shape index (κ1) is 14.5. The predicted molar refractivity (Wildman–Crippen MR) is 77.7 cm³/mol. The summed E-state index contributed by atoms with van der Waals surface area (Å²) in [6.07, 6.45) is 10.7. The van der Waals surface area contributed by atoms with E-state index in [0.29, 0.717) is 12.5 Å². The zero-order valence-corrected chi connectivity index (χ0v) is 12.5. The Morgan fingerprint density at radius 1 is 1.29 bits per heavy atom. The highest BCUT2D eigenvalue weighted by Gasteiger charge is 2.25. The van der Waals surface area contributed by atoms with Crippen LogP contribution in [0.1, 0.15) is 51.0 Å². The van der Waals surface area contributed by atoms with Crippen LogP contribution >= 0.6 is 0 Å². The van der Waals surface area contributed by atoms with E-state index in [1.54, 1.807) is 12.7 Å². The average molecular weight is 292 g/mol. The van der Waals surface area contributed by atoms with Gasteiger partial charge < -0.3 is 9.64 Å². The highest BCUT2D eigenvalue weighted by atomic mass is 16.5. The van der Waals surface area contributed by atoms with E-state index in [2.05, 4.69) is 10.1 Å². The maximum Gasteiger partial charge on any atom is 0.222 e. The number of carbonyl (C=O) groups is 1. The van der Waals surface area contributed by atoms with Gasteiger partial charge in [0.1, 0.15) is 12.7 Å². The number of rotatable bonds is 4. The molecular formula is C15H24N4O2. The van der Waals surface area contributed by atoms with E-state index in [4.69, 9.17) is 4.74 Å². The quantitative estimate of drug-likeness (QED) is 0.849. The SMILES string of the molecule is O=C(CC[C@@H]1CCCCO1)N1CCC[C@@H](n2cncn2)C1. The molecule has 0 radical (unpaired) electrons. The van der Waals surface area contributed by atoms with Gasteiger partial charge in [0.2, 0.25) is 5.91 Å². The second kappa shape index (κ2) is 7.02. The Balaban J connectivity index is 1.47. The van der Waals surface area contributed by atoms with Crippen LogP contribution in [-0.2, 0) is 9.53 Å². The number of piperidine rings is 1. The summed E-state index contributed by atoms with van der Waals surface area (Å²) in [7, 11) is 0. The van der Waals surface area contributed by atoms with E-state index >= 15 is 0 Å². The molecule has 3 rings (SSSR count). The fraction of sp³-hybridized carbons (Fsp3) is 0.800. The minimum Gasteiger partial charge on any atom is -0.378 e. The van der Waals surface area contributed by atoms with Crippen LogP contribution in [0.15, 0.2) is 12.7 Å². The van der Waals surface area contributed by atoms with Crippen molar-refractivity contribution in [2.75, 3.05) is 19.7 Å². The molecule has 3 heterocycles. The van der Waals surface area contributed by atoms with Crippen molar-refractivity contribution < 1.29 is 9.53 Å². The topological polar surface area (TPSA) is 60.2 Å². The maximum absolute atomic E-state index is 12.4. The van der Waals surface area contributed by atoms with Crippen molar-refractivity contribution in [1.29, 1.82) is 0 Å². The number of amides is 1. The van der Waals surface area contributed by atoms with Gasteiger partial charge in [-0.15, -0.1) is 0 Å². The third kappa shape index (κ3) is 3.81. The van der Waals surface area contributed by atoms with Crippen molar-refractivity contribution in [3.63, 3.8) is 0 Å². The molecule has 116 valence electrons. The predicted octanol–water partition coefficient (Wildman–Crippen LogP) is 1.79. The lowest BCUT2D eigenvalue weighted by atomic mass is 10.0. The molecular weight excluding hydrogens is 268 g/mol. The van der Waals surface area contributed by atoms with Crippen molar-refractivity contribution in [2.24, 2.45) is 0 Å². The lowest BCUT2D eigenvalue weighted by Gasteiger charge is -2.33. The molecule has 2 aliphatic heterocycles. The van der Waals surface area contributed by atoms with Gasteiger partial charge in [0.05, 0.1) is 12.1 Å². The van der Waals surface area contributed by atoms with Gasteiger partial charge in [0, 0.05) is 26.1 Å². The minimum absolute atomic E-state index is 0.258. The number of likely N-dealkylation sites (tertiary alicyclic amines) is 1. The van der Waals surface area contributed by atoms with Crippen molar-refractivity contribution in [2.45, 2.75) is 57.1 Å². The zero-order valence-electron chi connectivity index (χ0n) is 12.5. The van der Waals surface area contributed by atoms with E-state index in [1.165, 1.54) is 6.42 Å². The molecule has 2 atom stereocenters. The zero-order chi connectivity index (χ0) is 14.5. The molecule has 0 bridgehead atoms. The molecule has 0 saturated carbocycles. The Morgan fingerprint density at radius 2 is 2.24 bits per heavy atom. The van der Waals surface area contributed by atoms with E-state index in [-0.39, 0.29) is 11.9 Å². The highest BCUT2D eigenvalue weighted by molar-refractivity contribution is 5.76. The van der Waals surface area contributed by atoms with Crippen LogP contribution < -0.4 is 0 Å². The summed E-state index contributed by atoms with van der Waals surface area (Å²) in [4.78, 5) is 18.4. The number of carbonyl (C=O) groups excluding carboxylic acids is 1. The van der Waals surface area contributed by atoms with Gasteiger partial charge in [-0.2, -0.15) is 5.10 Å². The Hall–Kier alpha value is -1.43. The molecule has 1 aromatic rings. The summed E-state index contributed by atoms with van der Waals surface area (Å²) in [5, 5.41) is 4.20. The van der Waals surface area contributed by atoms with Crippen LogP contribution in [-0.4, -0.2) is 51.4 Å². The first-order chi connectivity index (χ1) is 10.3. The van der Waals surface area contributed by atoms with Gasteiger partial charge in [-0.25, -0.2) is 9.67 Å².